The number of carbonyl (C=O) groups is 2. The molecule has 1 N–H and O–H groups in total. The second kappa shape index (κ2) is 9.77. The summed E-state index contributed by atoms with van der Waals surface area (Å²) in [6, 6.07) is 6.31. The Morgan fingerprint density at radius 2 is 1.81 bits per heavy atom. The van der Waals surface area contributed by atoms with E-state index in [1.165, 1.54) is 19.3 Å². The van der Waals surface area contributed by atoms with Crippen molar-refractivity contribution in [2.45, 2.75) is 71.9 Å². The molecule has 0 heterocycles. The van der Waals surface area contributed by atoms with Crippen molar-refractivity contribution in [3.8, 4) is 0 Å². The lowest BCUT2D eigenvalue weighted by atomic mass is 9.93. The Hall–Kier alpha value is -2.04. The van der Waals surface area contributed by atoms with Gasteiger partial charge in [0.1, 0.15) is 0 Å². The monoisotopic (exact) mass is 373 g/mol. The van der Waals surface area contributed by atoms with Crippen LogP contribution in [0.25, 0.3) is 0 Å². The van der Waals surface area contributed by atoms with Gasteiger partial charge in [-0.1, -0.05) is 33.1 Å². The van der Waals surface area contributed by atoms with Crippen LogP contribution < -0.4 is 10.2 Å². The Bertz CT molecular complexity index is 649. The van der Waals surface area contributed by atoms with Gasteiger partial charge in [-0.3, -0.25) is 9.59 Å². The van der Waals surface area contributed by atoms with Gasteiger partial charge in [0.15, 0.2) is 0 Å². The Morgan fingerprint density at radius 3 is 2.37 bits per heavy atom. The highest BCUT2D eigenvalue weighted by Gasteiger charge is 2.24. The van der Waals surface area contributed by atoms with Gasteiger partial charge in [-0.15, -0.1) is 0 Å². The molecule has 0 aromatic heterocycles. The Kier molecular flexibility index (Phi) is 7.69. The van der Waals surface area contributed by atoms with E-state index < -0.39 is 0 Å². The highest BCUT2D eigenvalue weighted by atomic mass is 16.2. The first-order valence-electron chi connectivity index (χ1n) is 10.1. The fourth-order valence-electron chi connectivity index (χ4n) is 3.88. The minimum Gasteiger partial charge on any atom is -0.377 e. The lowest BCUT2D eigenvalue weighted by molar-refractivity contribution is -0.132. The molecular formula is C22H35N3O2. The molecule has 5 heteroatoms. The van der Waals surface area contributed by atoms with E-state index in [4.69, 9.17) is 0 Å². The Labute approximate surface area is 164 Å². The summed E-state index contributed by atoms with van der Waals surface area (Å²) >= 11 is 0. The highest BCUT2D eigenvalue weighted by molar-refractivity contribution is 5.91. The van der Waals surface area contributed by atoms with E-state index >= 15 is 0 Å². The molecule has 1 saturated carbocycles. The molecule has 0 aliphatic heterocycles. The quantitative estimate of drug-likeness (QED) is 0.770. The minimum absolute atomic E-state index is 0.0317. The number of carbonyl (C=O) groups excluding carboxylic acids is 2. The molecule has 0 radical (unpaired) electrons. The van der Waals surface area contributed by atoms with E-state index in [-0.39, 0.29) is 11.8 Å². The van der Waals surface area contributed by atoms with Crippen LogP contribution in [0.15, 0.2) is 18.2 Å². The van der Waals surface area contributed by atoms with Gasteiger partial charge in [-0.2, -0.15) is 0 Å². The van der Waals surface area contributed by atoms with Crippen LogP contribution in [0.3, 0.4) is 0 Å². The van der Waals surface area contributed by atoms with Crippen LogP contribution in [0.2, 0.25) is 0 Å². The number of anilines is 2. The van der Waals surface area contributed by atoms with Gasteiger partial charge < -0.3 is 15.1 Å². The first-order valence-corrected chi connectivity index (χ1v) is 10.1. The number of amides is 2. The molecular weight excluding hydrogens is 338 g/mol. The molecule has 150 valence electrons. The zero-order valence-electron chi connectivity index (χ0n) is 17.5. The standard InChI is InChI=1S/C22H35N3O2/c1-16(2)13-22(27)23-19-11-12-21(24(4)5)18(14-19)15-25(17(3)26)20-9-7-6-8-10-20/h11-12,14,16,20H,6-10,13,15H2,1-5H3,(H,23,27). The van der Waals surface area contributed by atoms with Gasteiger partial charge >= 0.3 is 0 Å². The molecule has 27 heavy (non-hydrogen) atoms. The van der Waals surface area contributed by atoms with Gasteiger partial charge in [0, 0.05) is 51.4 Å². The van der Waals surface area contributed by atoms with E-state index in [2.05, 4.69) is 10.2 Å². The van der Waals surface area contributed by atoms with Crippen LogP contribution in [-0.2, 0) is 16.1 Å². The summed E-state index contributed by atoms with van der Waals surface area (Å²) < 4.78 is 0. The predicted octanol–water partition coefficient (Wildman–Crippen LogP) is 4.42. The molecule has 0 unspecified atom stereocenters. The lowest BCUT2D eigenvalue weighted by Gasteiger charge is -2.34. The fourth-order valence-corrected chi connectivity index (χ4v) is 3.88. The third-order valence-corrected chi connectivity index (χ3v) is 5.20. The Balaban J connectivity index is 2.24. The number of nitrogens with one attached hydrogen (secondary N) is 1. The molecule has 0 saturated heterocycles. The summed E-state index contributed by atoms with van der Waals surface area (Å²) in [7, 11) is 4.02. The summed E-state index contributed by atoms with van der Waals surface area (Å²) in [5.41, 5.74) is 2.95. The maximum atomic E-state index is 12.4. The van der Waals surface area contributed by atoms with Crippen molar-refractivity contribution in [2.24, 2.45) is 5.92 Å². The van der Waals surface area contributed by atoms with Crippen molar-refractivity contribution in [3.63, 3.8) is 0 Å². The smallest absolute Gasteiger partial charge is 0.224 e. The summed E-state index contributed by atoms with van der Waals surface area (Å²) in [4.78, 5) is 28.6. The molecule has 0 spiro atoms. The van der Waals surface area contributed by atoms with Gasteiger partial charge in [0.25, 0.3) is 0 Å². The molecule has 1 aliphatic rings. The van der Waals surface area contributed by atoms with Gasteiger partial charge in [0.05, 0.1) is 0 Å². The highest BCUT2D eigenvalue weighted by Crippen LogP contribution is 2.29. The van der Waals surface area contributed by atoms with Crippen molar-refractivity contribution in [1.82, 2.24) is 4.90 Å². The molecule has 1 fully saturated rings. The first-order chi connectivity index (χ1) is 12.8. The van der Waals surface area contributed by atoms with Crippen molar-refractivity contribution in [2.75, 3.05) is 24.3 Å². The molecule has 0 atom stereocenters. The lowest BCUT2D eigenvalue weighted by Crippen LogP contribution is -2.39. The molecule has 5 nitrogen and oxygen atoms in total. The van der Waals surface area contributed by atoms with Gasteiger partial charge in [0.2, 0.25) is 11.8 Å². The van der Waals surface area contributed by atoms with Crippen molar-refractivity contribution < 1.29 is 9.59 Å². The van der Waals surface area contributed by atoms with Crippen LogP contribution >= 0.6 is 0 Å². The zero-order chi connectivity index (χ0) is 20.0. The number of benzene rings is 1. The predicted molar refractivity (Wildman–Crippen MR) is 112 cm³/mol. The van der Waals surface area contributed by atoms with Crippen molar-refractivity contribution >= 4 is 23.2 Å². The molecule has 2 amide bonds. The molecule has 1 aromatic rings. The number of rotatable bonds is 7. The minimum atomic E-state index is 0.0317. The van der Waals surface area contributed by atoms with E-state index in [9.17, 15) is 9.59 Å². The number of nitrogens with zero attached hydrogens (tertiary/aromatic N) is 2. The average molecular weight is 374 g/mol. The summed E-state index contributed by atoms with van der Waals surface area (Å²) in [6.07, 6.45) is 6.33. The van der Waals surface area contributed by atoms with Gasteiger partial charge in [-0.05, 0) is 42.5 Å². The SMILES string of the molecule is CC(=O)N(Cc1cc(NC(=O)CC(C)C)ccc1N(C)C)C1CCCCC1. The number of hydrogen-bond donors (Lipinski definition) is 1. The second-order valence-electron chi connectivity index (χ2n) is 8.32. The fraction of sp³-hybridized carbons (Fsp3) is 0.636. The maximum absolute atomic E-state index is 12.4. The van der Waals surface area contributed by atoms with E-state index in [0.717, 1.165) is 29.8 Å². The molecule has 2 rings (SSSR count). The van der Waals surface area contributed by atoms with E-state index in [1.54, 1.807) is 6.92 Å². The summed E-state index contributed by atoms with van der Waals surface area (Å²) in [6.45, 7) is 6.32. The second-order valence-corrected chi connectivity index (χ2v) is 8.32. The average Bonchev–Trinajstić information content (AvgIpc) is 2.59. The van der Waals surface area contributed by atoms with Crippen LogP contribution in [0.1, 0.15) is 64.9 Å². The molecule has 1 aromatic carbocycles. The normalized spacial score (nSPS) is 14.9. The van der Waals surface area contributed by atoms with E-state index in [1.807, 2.05) is 51.0 Å². The number of hydrogen-bond acceptors (Lipinski definition) is 3. The molecule has 1 aliphatic carbocycles. The van der Waals surface area contributed by atoms with E-state index in [0.29, 0.717) is 24.9 Å². The summed E-state index contributed by atoms with van der Waals surface area (Å²) in [5, 5.41) is 3.00. The Morgan fingerprint density at radius 1 is 1.15 bits per heavy atom. The summed E-state index contributed by atoms with van der Waals surface area (Å²) in [5.74, 6) is 0.482. The zero-order valence-corrected chi connectivity index (χ0v) is 17.5. The topological polar surface area (TPSA) is 52.7 Å². The van der Waals surface area contributed by atoms with Crippen molar-refractivity contribution in [3.05, 3.63) is 23.8 Å². The third-order valence-electron chi connectivity index (χ3n) is 5.20. The van der Waals surface area contributed by atoms with Crippen LogP contribution in [0.5, 0.6) is 0 Å². The van der Waals surface area contributed by atoms with Gasteiger partial charge in [-0.25, -0.2) is 0 Å². The maximum Gasteiger partial charge on any atom is 0.224 e. The first kappa shape index (κ1) is 21.3. The largest absolute Gasteiger partial charge is 0.377 e. The molecule has 0 bridgehead atoms. The van der Waals surface area contributed by atoms with Crippen molar-refractivity contribution in [1.29, 1.82) is 0 Å². The third kappa shape index (κ3) is 6.26. The van der Waals surface area contributed by atoms with Crippen LogP contribution in [0.4, 0.5) is 11.4 Å². The van der Waals surface area contributed by atoms with Crippen LogP contribution in [0, 0.1) is 5.92 Å². The van der Waals surface area contributed by atoms with Crippen LogP contribution in [-0.4, -0.2) is 36.9 Å².